The third-order valence-corrected chi connectivity index (χ3v) is 2.94. The summed E-state index contributed by atoms with van der Waals surface area (Å²) in [5.41, 5.74) is 5.68. The minimum atomic E-state index is -0.460. The van der Waals surface area contributed by atoms with Crippen molar-refractivity contribution in [3.63, 3.8) is 0 Å². The molecule has 0 atom stereocenters. The number of aryl methyl sites for hydroxylation is 1. The van der Waals surface area contributed by atoms with Crippen LogP contribution in [0.1, 0.15) is 26.0 Å². The van der Waals surface area contributed by atoms with Gasteiger partial charge in [-0.3, -0.25) is 4.79 Å². The molecule has 0 bridgehead atoms. The standard InChI is InChI=1S/C14H18N4O/c1-9-10-6-4-5-7-11(10)13(18-17-9)16-14(2,3)8-12(15)19/h4-7H,8H2,1-3H3,(H2,15,19)(H,16,18). The Balaban J connectivity index is 2.41. The predicted octanol–water partition coefficient (Wildman–Crippen LogP) is 2.00. The molecular weight excluding hydrogens is 240 g/mol. The topological polar surface area (TPSA) is 80.9 Å². The summed E-state index contributed by atoms with van der Waals surface area (Å²) < 4.78 is 0. The lowest BCUT2D eigenvalue weighted by Gasteiger charge is -2.25. The molecule has 1 aromatic carbocycles. The number of primary amides is 1. The van der Waals surface area contributed by atoms with E-state index >= 15 is 0 Å². The zero-order chi connectivity index (χ0) is 14.0. The number of carbonyl (C=O) groups is 1. The van der Waals surface area contributed by atoms with Crippen LogP contribution in [0.15, 0.2) is 24.3 Å². The van der Waals surface area contributed by atoms with Crippen LogP contribution in [0.5, 0.6) is 0 Å². The number of hydrogen-bond acceptors (Lipinski definition) is 4. The molecule has 0 spiro atoms. The van der Waals surface area contributed by atoms with Gasteiger partial charge in [-0.15, -0.1) is 5.10 Å². The van der Waals surface area contributed by atoms with E-state index in [1.165, 1.54) is 0 Å². The van der Waals surface area contributed by atoms with Crippen molar-refractivity contribution in [1.29, 1.82) is 0 Å². The van der Waals surface area contributed by atoms with Gasteiger partial charge < -0.3 is 11.1 Å². The molecule has 0 aliphatic rings. The molecule has 19 heavy (non-hydrogen) atoms. The molecular formula is C14H18N4O. The first-order valence-electron chi connectivity index (χ1n) is 6.17. The van der Waals surface area contributed by atoms with E-state index in [-0.39, 0.29) is 12.3 Å². The maximum atomic E-state index is 11.1. The number of benzene rings is 1. The number of nitrogens with two attached hydrogens (primary N) is 1. The highest BCUT2D eigenvalue weighted by molar-refractivity contribution is 5.93. The summed E-state index contributed by atoms with van der Waals surface area (Å²) in [6.07, 6.45) is 0.233. The van der Waals surface area contributed by atoms with Crippen molar-refractivity contribution in [3.05, 3.63) is 30.0 Å². The molecule has 0 aliphatic heterocycles. The molecule has 0 fully saturated rings. The van der Waals surface area contributed by atoms with Gasteiger partial charge in [-0.05, 0) is 20.8 Å². The Morgan fingerprint density at radius 2 is 1.89 bits per heavy atom. The van der Waals surface area contributed by atoms with Crippen molar-refractivity contribution in [2.24, 2.45) is 5.73 Å². The Labute approximate surface area is 112 Å². The van der Waals surface area contributed by atoms with Gasteiger partial charge in [-0.25, -0.2) is 0 Å². The van der Waals surface area contributed by atoms with E-state index in [0.717, 1.165) is 16.5 Å². The molecule has 0 radical (unpaired) electrons. The lowest BCUT2D eigenvalue weighted by atomic mass is 10.00. The van der Waals surface area contributed by atoms with Gasteiger partial charge >= 0.3 is 0 Å². The molecule has 0 saturated heterocycles. The van der Waals surface area contributed by atoms with Crippen LogP contribution < -0.4 is 11.1 Å². The third-order valence-electron chi connectivity index (χ3n) is 2.94. The molecule has 1 heterocycles. The number of hydrogen-bond donors (Lipinski definition) is 2. The van der Waals surface area contributed by atoms with E-state index < -0.39 is 5.54 Å². The van der Waals surface area contributed by atoms with Crippen molar-refractivity contribution in [2.45, 2.75) is 32.7 Å². The zero-order valence-electron chi connectivity index (χ0n) is 11.4. The zero-order valence-corrected chi connectivity index (χ0v) is 11.4. The van der Waals surface area contributed by atoms with Crippen LogP contribution in [0.3, 0.4) is 0 Å². The van der Waals surface area contributed by atoms with Gasteiger partial charge in [0.2, 0.25) is 5.91 Å². The SMILES string of the molecule is Cc1nnc(NC(C)(C)CC(N)=O)c2ccccc12. The van der Waals surface area contributed by atoms with Gasteiger partial charge in [0.15, 0.2) is 5.82 Å². The summed E-state index contributed by atoms with van der Waals surface area (Å²) >= 11 is 0. The molecule has 2 aromatic rings. The number of fused-ring (bicyclic) bond motifs is 1. The lowest BCUT2D eigenvalue weighted by Crippen LogP contribution is -2.36. The van der Waals surface area contributed by atoms with Gasteiger partial charge in [0.1, 0.15) is 0 Å². The highest BCUT2D eigenvalue weighted by atomic mass is 16.1. The van der Waals surface area contributed by atoms with E-state index in [1.54, 1.807) is 0 Å². The molecule has 1 aromatic heterocycles. The van der Waals surface area contributed by atoms with E-state index in [1.807, 2.05) is 45.0 Å². The van der Waals surface area contributed by atoms with Crippen LogP contribution in [-0.2, 0) is 4.79 Å². The van der Waals surface area contributed by atoms with Gasteiger partial charge in [0.05, 0.1) is 5.69 Å². The average Bonchev–Trinajstić information content (AvgIpc) is 2.31. The van der Waals surface area contributed by atoms with Crippen LogP contribution in [0.2, 0.25) is 0 Å². The highest BCUT2D eigenvalue weighted by Gasteiger charge is 2.22. The van der Waals surface area contributed by atoms with E-state index in [4.69, 9.17) is 5.73 Å². The first-order chi connectivity index (χ1) is 8.89. The Hall–Kier alpha value is -2.17. The summed E-state index contributed by atoms with van der Waals surface area (Å²) in [5, 5.41) is 13.6. The second-order valence-corrected chi connectivity index (χ2v) is 5.33. The van der Waals surface area contributed by atoms with Crippen molar-refractivity contribution >= 4 is 22.5 Å². The third kappa shape index (κ3) is 2.99. The van der Waals surface area contributed by atoms with E-state index in [2.05, 4.69) is 15.5 Å². The minimum absolute atomic E-state index is 0.233. The number of nitrogens with zero attached hydrogens (tertiary/aromatic N) is 2. The molecule has 100 valence electrons. The van der Waals surface area contributed by atoms with Gasteiger partial charge in [-0.2, -0.15) is 5.10 Å². The fraction of sp³-hybridized carbons (Fsp3) is 0.357. The number of amides is 1. The van der Waals surface area contributed by atoms with Crippen molar-refractivity contribution < 1.29 is 4.79 Å². The second-order valence-electron chi connectivity index (χ2n) is 5.33. The average molecular weight is 258 g/mol. The summed E-state index contributed by atoms with van der Waals surface area (Å²) in [6, 6.07) is 7.91. The quantitative estimate of drug-likeness (QED) is 0.879. The first kappa shape index (κ1) is 13.3. The van der Waals surface area contributed by atoms with Crippen molar-refractivity contribution in [2.75, 3.05) is 5.32 Å². The molecule has 0 aliphatic carbocycles. The van der Waals surface area contributed by atoms with Crippen molar-refractivity contribution in [1.82, 2.24) is 10.2 Å². The van der Waals surface area contributed by atoms with Crippen LogP contribution in [0.25, 0.3) is 10.8 Å². The number of rotatable bonds is 4. The number of nitrogens with one attached hydrogen (secondary N) is 1. The lowest BCUT2D eigenvalue weighted by molar-refractivity contribution is -0.118. The molecule has 1 amide bonds. The largest absolute Gasteiger partial charge is 0.370 e. The number of anilines is 1. The van der Waals surface area contributed by atoms with E-state index in [9.17, 15) is 4.79 Å². The summed E-state index contributed by atoms with van der Waals surface area (Å²) in [7, 11) is 0. The number of carbonyl (C=O) groups excluding carboxylic acids is 1. The smallest absolute Gasteiger partial charge is 0.219 e. The monoisotopic (exact) mass is 258 g/mol. The first-order valence-corrected chi connectivity index (χ1v) is 6.17. The normalized spacial score (nSPS) is 11.5. The summed E-state index contributed by atoms with van der Waals surface area (Å²) in [4.78, 5) is 11.1. The van der Waals surface area contributed by atoms with Crippen molar-refractivity contribution in [3.8, 4) is 0 Å². The Morgan fingerprint density at radius 3 is 2.53 bits per heavy atom. The number of aromatic nitrogens is 2. The maximum absolute atomic E-state index is 11.1. The molecule has 0 unspecified atom stereocenters. The van der Waals surface area contributed by atoms with Crippen LogP contribution >= 0.6 is 0 Å². The Bertz CT molecular complexity index is 622. The fourth-order valence-corrected chi connectivity index (χ4v) is 2.13. The Morgan fingerprint density at radius 1 is 1.26 bits per heavy atom. The molecule has 3 N–H and O–H groups in total. The molecule has 5 nitrogen and oxygen atoms in total. The highest BCUT2D eigenvalue weighted by Crippen LogP contribution is 2.25. The van der Waals surface area contributed by atoms with Crippen LogP contribution in [0.4, 0.5) is 5.82 Å². The van der Waals surface area contributed by atoms with E-state index in [0.29, 0.717) is 5.82 Å². The molecule has 2 rings (SSSR count). The maximum Gasteiger partial charge on any atom is 0.219 e. The second kappa shape index (κ2) is 4.84. The van der Waals surface area contributed by atoms with Crippen LogP contribution in [0, 0.1) is 6.92 Å². The molecule has 5 heteroatoms. The molecule has 0 saturated carbocycles. The van der Waals surface area contributed by atoms with Gasteiger partial charge in [0, 0.05) is 22.7 Å². The van der Waals surface area contributed by atoms with Gasteiger partial charge in [0.25, 0.3) is 0 Å². The predicted molar refractivity (Wildman–Crippen MR) is 75.8 cm³/mol. The Kier molecular flexibility index (Phi) is 3.38. The van der Waals surface area contributed by atoms with Gasteiger partial charge in [-0.1, -0.05) is 24.3 Å². The summed E-state index contributed by atoms with van der Waals surface area (Å²) in [5.74, 6) is 0.328. The van der Waals surface area contributed by atoms with Crippen LogP contribution in [-0.4, -0.2) is 21.6 Å². The summed E-state index contributed by atoms with van der Waals surface area (Å²) in [6.45, 7) is 5.75. The fourth-order valence-electron chi connectivity index (χ4n) is 2.13. The minimum Gasteiger partial charge on any atom is -0.370 e.